The van der Waals surface area contributed by atoms with Gasteiger partial charge >= 0.3 is 12.0 Å². The molecule has 212 valence electrons. The number of aliphatic carboxylic acids is 1. The second-order valence-corrected chi connectivity index (χ2v) is 9.72. The number of benzene rings is 3. The Morgan fingerprint density at radius 3 is 2.34 bits per heavy atom. The van der Waals surface area contributed by atoms with E-state index < -0.39 is 11.9 Å². The van der Waals surface area contributed by atoms with Gasteiger partial charge in [0.1, 0.15) is 6.54 Å². The normalized spacial score (nSPS) is 12.8. The van der Waals surface area contributed by atoms with E-state index >= 15 is 0 Å². The highest BCUT2D eigenvalue weighted by atomic mass is 16.4. The summed E-state index contributed by atoms with van der Waals surface area (Å²) in [6.45, 7) is 1.76. The molecule has 11 heteroatoms. The first-order chi connectivity index (χ1) is 19.6. The van der Waals surface area contributed by atoms with Gasteiger partial charge in [-0.2, -0.15) is 0 Å². The van der Waals surface area contributed by atoms with Crippen molar-refractivity contribution in [1.82, 2.24) is 10.2 Å². The molecule has 0 aliphatic carbocycles. The third-order valence-corrected chi connectivity index (χ3v) is 6.70. The largest absolute Gasteiger partial charge is 0.481 e. The fourth-order valence-electron chi connectivity index (χ4n) is 4.37. The van der Waals surface area contributed by atoms with Crippen LogP contribution in [0.5, 0.6) is 0 Å². The van der Waals surface area contributed by atoms with E-state index in [1.165, 1.54) is 9.80 Å². The first-order valence-corrected chi connectivity index (χ1v) is 13.0. The van der Waals surface area contributed by atoms with Gasteiger partial charge in [-0.3, -0.25) is 19.2 Å². The molecule has 3 aromatic carbocycles. The summed E-state index contributed by atoms with van der Waals surface area (Å²) in [5.74, 6) is -2.06. The summed E-state index contributed by atoms with van der Waals surface area (Å²) in [5, 5.41) is 17.4. The molecule has 0 saturated carbocycles. The molecule has 0 aromatic heterocycles. The van der Waals surface area contributed by atoms with Crippen LogP contribution in [0.3, 0.4) is 0 Å². The maximum atomic E-state index is 13.1. The number of carboxylic acids is 1. The summed E-state index contributed by atoms with van der Waals surface area (Å²) in [4.78, 5) is 64.1. The molecule has 3 aromatic rings. The third-order valence-electron chi connectivity index (χ3n) is 6.70. The number of carboxylic acid groups (broad SMARTS) is 1. The minimum Gasteiger partial charge on any atom is -0.481 e. The standard InChI is InChI=1S/C30H31N5O6/c1-19-5-3-4-6-24(19)33-30(41)32-22-10-7-20(8-11-22)16-26(36)31-17-21-9-12-25-23(15-21)29(40)35(14-13-28(38)39)18-27(37)34(25)2/h3-12,15H,13-14,16-18H2,1-2H3,(H,31,36)(H,38,39)(H2,32,33,41). The van der Waals surface area contributed by atoms with Crippen LogP contribution in [0.2, 0.25) is 0 Å². The summed E-state index contributed by atoms with van der Waals surface area (Å²) < 4.78 is 0. The van der Waals surface area contributed by atoms with E-state index in [0.29, 0.717) is 22.6 Å². The summed E-state index contributed by atoms with van der Waals surface area (Å²) in [6.07, 6.45) is -0.162. The van der Waals surface area contributed by atoms with Gasteiger partial charge in [0.2, 0.25) is 11.8 Å². The molecule has 0 unspecified atom stereocenters. The quantitative estimate of drug-likeness (QED) is 0.317. The molecule has 0 bridgehead atoms. The van der Waals surface area contributed by atoms with Gasteiger partial charge in [-0.05, 0) is 53.9 Å². The number of urea groups is 1. The number of carbonyl (C=O) groups excluding carboxylic acids is 4. The molecule has 0 fully saturated rings. The van der Waals surface area contributed by atoms with Crippen LogP contribution in [0, 0.1) is 6.92 Å². The molecule has 1 aliphatic heterocycles. The number of rotatable bonds is 9. The van der Waals surface area contributed by atoms with Crippen molar-refractivity contribution in [3.63, 3.8) is 0 Å². The third kappa shape index (κ3) is 7.47. The first kappa shape index (κ1) is 28.8. The number of nitrogens with one attached hydrogen (secondary N) is 3. The molecular formula is C30H31N5O6. The number of carbonyl (C=O) groups is 5. The molecule has 5 amide bonds. The number of fused-ring (bicyclic) bond motifs is 1. The summed E-state index contributed by atoms with van der Waals surface area (Å²) in [7, 11) is 1.56. The van der Waals surface area contributed by atoms with Crippen molar-refractivity contribution in [3.05, 3.63) is 89.0 Å². The molecule has 11 nitrogen and oxygen atoms in total. The number of amides is 5. The van der Waals surface area contributed by atoms with Crippen LogP contribution in [0.15, 0.2) is 66.7 Å². The van der Waals surface area contributed by atoms with Crippen LogP contribution >= 0.6 is 0 Å². The molecule has 1 heterocycles. The number of para-hydroxylation sites is 1. The molecule has 4 rings (SSSR count). The molecule has 0 saturated heterocycles. The Labute approximate surface area is 237 Å². The Kier molecular flexibility index (Phi) is 8.98. The molecule has 1 aliphatic rings. The predicted molar refractivity (Wildman–Crippen MR) is 154 cm³/mol. The number of hydrogen-bond donors (Lipinski definition) is 4. The second-order valence-electron chi connectivity index (χ2n) is 9.72. The number of likely N-dealkylation sites (N-methyl/N-ethyl adjacent to an activating group) is 1. The van der Waals surface area contributed by atoms with Gasteiger partial charge in [0.25, 0.3) is 5.91 Å². The van der Waals surface area contributed by atoms with Crippen molar-refractivity contribution in [2.45, 2.75) is 26.3 Å². The minimum absolute atomic E-state index is 0.0835. The highest BCUT2D eigenvalue weighted by Crippen LogP contribution is 2.26. The zero-order chi connectivity index (χ0) is 29.5. The Balaban J connectivity index is 1.33. The number of hydrogen-bond acceptors (Lipinski definition) is 5. The van der Waals surface area contributed by atoms with E-state index in [1.54, 1.807) is 49.5 Å². The van der Waals surface area contributed by atoms with Crippen molar-refractivity contribution in [1.29, 1.82) is 0 Å². The SMILES string of the molecule is Cc1ccccc1NC(=O)Nc1ccc(CC(=O)NCc2ccc3c(c2)C(=O)N(CCC(=O)O)CC(=O)N3C)cc1. The van der Waals surface area contributed by atoms with Crippen molar-refractivity contribution < 1.29 is 29.1 Å². The molecule has 0 radical (unpaired) electrons. The lowest BCUT2D eigenvalue weighted by atomic mass is 10.1. The van der Waals surface area contributed by atoms with E-state index in [9.17, 15) is 24.0 Å². The minimum atomic E-state index is -1.06. The van der Waals surface area contributed by atoms with E-state index in [4.69, 9.17) is 5.11 Å². The lowest BCUT2D eigenvalue weighted by Crippen LogP contribution is -2.38. The van der Waals surface area contributed by atoms with Crippen molar-refractivity contribution in [2.75, 3.05) is 35.7 Å². The Morgan fingerprint density at radius 1 is 0.927 bits per heavy atom. The summed E-state index contributed by atoms with van der Waals surface area (Å²) in [6, 6.07) is 19.0. The van der Waals surface area contributed by atoms with Gasteiger partial charge in [0, 0.05) is 31.5 Å². The molecular weight excluding hydrogens is 526 g/mol. The van der Waals surface area contributed by atoms with Gasteiger partial charge in [0.05, 0.1) is 24.1 Å². The summed E-state index contributed by atoms with van der Waals surface area (Å²) in [5.41, 5.74) is 4.34. The lowest BCUT2D eigenvalue weighted by Gasteiger charge is -2.19. The Hall–Kier alpha value is -5.19. The average molecular weight is 558 g/mol. The van der Waals surface area contributed by atoms with E-state index in [0.717, 1.165) is 11.1 Å². The monoisotopic (exact) mass is 557 g/mol. The maximum absolute atomic E-state index is 13.1. The molecule has 4 N–H and O–H groups in total. The zero-order valence-corrected chi connectivity index (χ0v) is 22.8. The van der Waals surface area contributed by atoms with E-state index in [1.807, 2.05) is 31.2 Å². The van der Waals surface area contributed by atoms with Crippen LogP contribution < -0.4 is 20.9 Å². The lowest BCUT2D eigenvalue weighted by molar-refractivity contribution is -0.137. The Morgan fingerprint density at radius 2 is 1.63 bits per heavy atom. The van der Waals surface area contributed by atoms with Gasteiger partial charge in [-0.25, -0.2) is 4.79 Å². The topological polar surface area (TPSA) is 148 Å². The van der Waals surface area contributed by atoms with Crippen LogP contribution in [0.4, 0.5) is 21.9 Å². The summed E-state index contributed by atoms with van der Waals surface area (Å²) >= 11 is 0. The predicted octanol–water partition coefficient (Wildman–Crippen LogP) is 3.39. The highest BCUT2D eigenvalue weighted by molar-refractivity contribution is 6.09. The Bertz CT molecular complexity index is 1490. The number of nitrogens with zero attached hydrogens (tertiary/aromatic N) is 2. The van der Waals surface area contributed by atoms with Gasteiger partial charge in [0.15, 0.2) is 0 Å². The number of anilines is 3. The van der Waals surface area contributed by atoms with E-state index in [2.05, 4.69) is 16.0 Å². The van der Waals surface area contributed by atoms with Gasteiger partial charge in [-0.15, -0.1) is 0 Å². The van der Waals surface area contributed by atoms with Crippen molar-refractivity contribution >= 4 is 46.8 Å². The smallest absolute Gasteiger partial charge is 0.323 e. The number of aryl methyl sites for hydroxylation is 1. The molecule has 0 atom stereocenters. The highest BCUT2D eigenvalue weighted by Gasteiger charge is 2.30. The second kappa shape index (κ2) is 12.8. The van der Waals surface area contributed by atoms with Crippen molar-refractivity contribution in [3.8, 4) is 0 Å². The van der Waals surface area contributed by atoms with Gasteiger partial charge in [-0.1, -0.05) is 36.4 Å². The van der Waals surface area contributed by atoms with Crippen molar-refractivity contribution in [2.24, 2.45) is 0 Å². The van der Waals surface area contributed by atoms with Crippen LogP contribution in [-0.4, -0.2) is 59.9 Å². The van der Waals surface area contributed by atoms with Crippen LogP contribution in [0.1, 0.15) is 33.5 Å². The fraction of sp³-hybridized carbons (Fsp3) is 0.233. The maximum Gasteiger partial charge on any atom is 0.323 e. The zero-order valence-electron chi connectivity index (χ0n) is 22.8. The molecule has 41 heavy (non-hydrogen) atoms. The van der Waals surface area contributed by atoms with Crippen LogP contribution in [-0.2, 0) is 27.3 Å². The first-order valence-electron chi connectivity index (χ1n) is 13.0. The average Bonchev–Trinajstić information content (AvgIpc) is 3.03. The van der Waals surface area contributed by atoms with Crippen LogP contribution in [0.25, 0.3) is 0 Å². The molecule has 0 spiro atoms. The fourth-order valence-corrected chi connectivity index (χ4v) is 4.37. The van der Waals surface area contributed by atoms with Gasteiger partial charge < -0.3 is 30.9 Å². The van der Waals surface area contributed by atoms with E-state index in [-0.39, 0.29) is 55.9 Å².